The first-order chi connectivity index (χ1) is 12.4. The molecule has 4 aliphatic carbocycles. The molecule has 1 saturated heterocycles. The summed E-state index contributed by atoms with van der Waals surface area (Å²) in [6.45, 7) is 6.54. The normalized spacial score (nSPS) is 41.8. The van der Waals surface area contributed by atoms with Gasteiger partial charge in [-0.3, -0.25) is 15.0 Å². The average molecular weight is 364 g/mol. The van der Waals surface area contributed by atoms with Gasteiger partial charge in [-0.2, -0.15) is 0 Å². The van der Waals surface area contributed by atoms with Crippen LogP contribution in [0, 0.1) is 17.8 Å². The van der Waals surface area contributed by atoms with Crippen molar-refractivity contribution in [2.75, 3.05) is 26.2 Å². The zero-order chi connectivity index (χ0) is 18.4. The second-order valence-corrected chi connectivity index (χ2v) is 9.56. The highest BCUT2D eigenvalue weighted by atomic mass is 16.5. The van der Waals surface area contributed by atoms with Gasteiger partial charge >= 0.3 is 6.03 Å². The van der Waals surface area contributed by atoms with E-state index in [1.807, 2.05) is 0 Å². The molecule has 2 N–H and O–H groups in total. The molecular formula is C20H33N3O3. The van der Waals surface area contributed by atoms with Gasteiger partial charge < -0.3 is 10.1 Å². The minimum Gasteiger partial charge on any atom is -0.373 e. The van der Waals surface area contributed by atoms with Crippen LogP contribution in [0.15, 0.2) is 0 Å². The van der Waals surface area contributed by atoms with E-state index >= 15 is 0 Å². The Balaban J connectivity index is 1.28. The van der Waals surface area contributed by atoms with Crippen molar-refractivity contribution in [3.63, 3.8) is 0 Å². The van der Waals surface area contributed by atoms with Gasteiger partial charge in [0.1, 0.15) is 0 Å². The number of urea groups is 1. The summed E-state index contributed by atoms with van der Waals surface area (Å²) >= 11 is 0. The third-order valence-electron chi connectivity index (χ3n) is 7.20. The van der Waals surface area contributed by atoms with Crippen LogP contribution in [0.2, 0.25) is 0 Å². The molecule has 0 radical (unpaired) electrons. The van der Waals surface area contributed by atoms with E-state index in [9.17, 15) is 9.59 Å². The largest absolute Gasteiger partial charge is 0.373 e. The summed E-state index contributed by atoms with van der Waals surface area (Å²) < 4.78 is 5.81. The van der Waals surface area contributed by atoms with Crippen molar-refractivity contribution < 1.29 is 14.3 Å². The second kappa shape index (κ2) is 6.79. The van der Waals surface area contributed by atoms with Crippen molar-refractivity contribution in [1.29, 1.82) is 0 Å². The molecule has 6 heteroatoms. The van der Waals surface area contributed by atoms with Gasteiger partial charge in [-0.1, -0.05) is 6.92 Å². The van der Waals surface area contributed by atoms with Gasteiger partial charge in [0.05, 0.1) is 18.8 Å². The van der Waals surface area contributed by atoms with Gasteiger partial charge in [-0.15, -0.1) is 0 Å². The summed E-state index contributed by atoms with van der Waals surface area (Å²) in [4.78, 5) is 26.9. The number of nitrogens with one attached hydrogen (secondary N) is 2. The fourth-order valence-corrected chi connectivity index (χ4v) is 6.27. The van der Waals surface area contributed by atoms with Crippen LogP contribution in [0.4, 0.5) is 4.79 Å². The summed E-state index contributed by atoms with van der Waals surface area (Å²) in [6, 6.07) is -0.302. The summed E-state index contributed by atoms with van der Waals surface area (Å²) in [5.74, 6) is 2.11. The van der Waals surface area contributed by atoms with Crippen molar-refractivity contribution in [3.05, 3.63) is 0 Å². The number of ether oxygens (including phenoxy) is 1. The fraction of sp³-hybridized carbons (Fsp3) is 0.900. The Labute approximate surface area is 156 Å². The van der Waals surface area contributed by atoms with E-state index < -0.39 is 0 Å². The topological polar surface area (TPSA) is 70.7 Å². The highest BCUT2D eigenvalue weighted by molar-refractivity contribution is 5.95. The van der Waals surface area contributed by atoms with Gasteiger partial charge in [0, 0.05) is 18.6 Å². The Kier molecular flexibility index (Phi) is 4.76. The van der Waals surface area contributed by atoms with E-state index in [1.165, 1.54) is 19.3 Å². The van der Waals surface area contributed by atoms with Crippen LogP contribution < -0.4 is 10.6 Å². The summed E-state index contributed by atoms with van der Waals surface area (Å²) in [7, 11) is 0. The number of nitrogens with zero attached hydrogens (tertiary/aromatic N) is 1. The number of imide groups is 1. The zero-order valence-electron chi connectivity index (χ0n) is 16.2. The third-order valence-corrected chi connectivity index (χ3v) is 7.20. The lowest BCUT2D eigenvalue weighted by Crippen LogP contribution is -2.62. The van der Waals surface area contributed by atoms with Gasteiger partial charge in [0.25, 0.3) is 0 Å². The maximum Gasteiger partial charge on any atom is 0.321 e. The smallest absolute Gasteiger partial charge is 0.321 e. The molecule has 5 fully saturated rings. The summed E-state index contributed by atoms with van der Waals surface area (Å²) in [5.41, 5.74) is -0.251. The minimum absolute atomic E-state index is 0.0567. The van der Waals surface area contributed by atoms with Gasteiger partial charge in [0.2, 0.25) is 5.91 Å². The van der Waals surface area contributed by atoms with Crippen molar-refractivity contribution >= 4 is 11.9 Å². The number of carbonyl (C=O) groups excluding carboxylic acids is 2. The molecule has 3 amide bonds. The van der Waals surface area contributed by atoms with Crippen molar-refractivity contribution in [2.24, 2.45) is 17.8 Å². The average Bonchev–Trinajstić information content (AvgIpc) is 2.52. The minimum atomic E-state index is -0.302. The van der Waals surface area contributed by atoms with Gasteiger partial charge in [0.15, 0.2) is 0 Å². The van der Waals surface area contributed by atoms with Crippen LogP contribution >= 0.6 is 0 Å². The molecular weight excluding hydrogens is 330 g/mol. The highest BCUT2D eigenvalue weighted by Gasteiger charge is 2.51. The van der Waals surface area contributed by atoms with E-state index in [1.54, 1.807) is 0 Å². The maximum absolute atomic E-state index is 12.5. The van der Waals surface area contributed by atoms with Crippen molar-refractivity contribution in [1.82, 2.24) is 15.5 Å². The molecule has 1 aliphatic heterocycles. The van der Waals surface area contributed by atoms with Crippen molar-refractivity contribution in [3.8, 4) is 0 Å². The van der Waals surface area contributed by atoms with E-state index in [4.69, 9.17) is 4.74 Å². The molecule has 5 aliphatic rings. The van der Waals surface area contributed by atoms with Crippen LogP contribution in [0.3, 0.4) is 0 Å². The molecule has 0 aromatic heterocycles. The standard InChI is InChI=1S/C20H33N3O3/c1-3-19(2)13-23(4-5-26-19)12-17(24)21-18(25)22-20-9-14-6-15(10-20)8-16(7-14)11-20/h14-16H,3-13H2,1-2H3,(H2,21,22,24,25)/t14?,15?,16?,19-,20?/m1/s1. The lowest BCUT2D eigenvalue weighted by atomic mass is 9.53. The predicted octanol–water partition coefficient (Wildman–Crippen LogP) is 2.28. The molecule has 0 spiro atoms. The molecule has 5 rings (SSSR count). The molecule has 4 bridgehead atoms. The van der Waals surface area contributed by atoms with Gasteiger partial charge in [-0.05, 0) is 69.6 Å². The lowest BCUT2D eigenvalue weighted by Gasteiger charge is -2.56. The Morgan fingerprint density at radius 3 is 2.31 bits per heavy atom. The zero-order valence-corrected chi connectivity index (χ0v) is 16.2. The number of amides is 3. The van der Waals surface area contributed by atoms with Crippen LogP contribution in [0.5, 0.6) is 0 Å². The molecule has 1 heterocycles. The quantitative estimate of drug-likeness (QED) is 0.804. The van der Waals surface area contributed by atoms with Crippen LogP contribution in [0.25, 0.3) is 0 Å². The first-order valence-electron chi connectivity index (χ1n) is 10.4. The van der Waals surface area contributed by atoms with Gasteiger partial charge in [-0.25, -0.2) is 4.79 Å². The Hall–Kier alpha value is -1.14. The van der Waals surface area contributed by atoms with E-state index in [2.05, 4.69) is 29.4 Å². The fourth-order valence-electron chi connectivity index (χ4n) is 6.27. The molecule has 146 valence electrons. The Morgan fingerprint density at radius 1 is 1.12 bits per heavy atom. The van der Waals surface area contributed by atoms with Crippen LogP contribution in [-0.4, -0.2) is 54.2 Å². The first kappa shape index (κ1) is 18.2. The molecule has 0 aromatic carbocycles. The number of carbonyl (C=O) groups is 2. The summed E-state index contributed by atoms with van der Waals surface area (Å²) in [5, 5.41) is 5.78. The highest BCUT2D eigenvalue weighted by Crippen LogP contribution is 2.55. The van der Waals surface area contributed by atoms with E-state index in [-0.39, 0.29) is 29.6 Å². The van der Waals surface area contributed by atoms with E-state index in [0.717, 1.165) is 56.5 Å². The number of hydrogen-bond acceptors (Lipinski definition) is 4. The Morgan fingerprint density at radius 2 is 1.73 bits per heavy atom. The monoisotopic (exact) mass is 363 g/mol. The lowest BCUT2D eigenvalue weighted by molar-refractivity contribution is -0.128. The molecule has 1 atom stereocenters. The SMILES string of the molecule is CC[C@]1(C)CN(CC(=O)NC(=O)NC23CC4CC(CC(C4)C2)C3)CCO1. The summed E-state index contributed by atoms with van der Waals surface area (Å²) in [6.07, 6.45) is 8.23. The van der Waals surface area contributed by atoms with Crippen LogP contribution in [-0.2, 0) is 9.53 Å². The number of hydrogen-bond donors (Lipinski definition) is 2. The first-order valence-corrected chi connectivity index (χ1v) is 10.4. The molecule has 26 heavy (non-hydrogen) atoms. The number of morpholine rings is 1. The second-order valence-electron chi connectivity index (χ2n) is 9.56. The molecule has 0 aromatic rings. The van der Waals surface area contributed by atoms with E-state index in [0.29, 0.717) is 6.61 Å². The van der Waals surface area contributed by atoms with Crippen LogP contribution in [0.1, 0.15) is 58.8 Å². The third kappa shape index (κ3) is 3.77. The number of rotatable bonds is 4. The molecule has 4 saturated carbocycles. The predicted molar refractivity (Wildman–Crippen MR) is 98.7 cm³/mol. The maximum atomic E-state index is 12.5. The molecule has 6 nitrogen and oxygen atoms in total. The Bertz CT molecular complexity index is 543. The van der Waals surface area contributed by atoms with Crippen molar-refractivity contribution in [2.45, 2.75) is 69.9 Å². The molecule has 0 unspecified atom stereocenters.